The highest BCUT2D eigenvalue weighted by Crippen LogP contribution is 1.95. The molecule has 40 valence electrons. The highest BCUT2D eigenvalue weighted by Gasteiger charge is 2.08. The van der Waals surface area contributed by atoms with Crippen LogP contribution in [0.4, 0.5) is 0 Å². The maximum atomic E-state index is 5.07. The molecule has 0 aliphatic carbocycles. The van der Waals surface area contributed by atoms with Gasteiger partial charge in [0.2, 0.25) is 0 Å². The average molecular weight is 99.1 g/mol. The van der Waals surface area contributed by atoms with Crippen molar-refractivity contribution in [3.63, 3.8) is 0 Å². The molecule has 1 N–H and O–H groups in total. The van der Waals surface area contributed by atoms with E-state index in [0.29, 0.717) is 6.73 Å². The van der Waals surface area contributed by atoms with Crippen LogP contribution in [0.2, 0.25) is 0 Å². The number of ether oxygens (including phenoxy) is 1. The molecule has 0 aromatic rings. The highest BCUT2D eigenvalue weighted by atomic mass is 16.5. The van der Waals surface area contributed by atoms with Crippen LogP contribution >= 0.6 is 0 Å². The van der Waals surface area contributed by atoms with Crippen molar-refractivity contribution in [2.45, 2.75) is 6.10 Å². The molecule has 0 aromatic heterocycles. The van der Waals surface area contributed by atoms with Crippen LogP contribution in [0.5, 0.6) is 0 Å². The van der Waals surface area contributed by atoms with Crippen molar-refractivity contribution in [2.24, 2.45) is 0 Å². The molecule has 1 saturated heterocycles. The highest BCUT2D eigenvalue weighted by molar-refractivity contribution is 4.83. The maximum absolute atomic E-state index is 5.07. The van der Waals surface area contributed by atoms with Gasteiger partial charge in [0.05, 0.1) is 12.8 Å². The molecule has 1 aliphatic heterocycles. The van der Waals surface area contributed by atoms with Gasteiger partial charge < -0.3 is 4.74 Å². The molecule has 0 bridgehead atoms. The van der Waals surface area contributed by atoms with Gasteiger partial charge in [0.1, 0.15) is 0 Å². The van der Waals surface area contributed by atoms with E-state index in [1.807, 2.05) is 0 Å². The predicted octanol–water partition coefficient (Wildman–Crippen LogP) is 0.118. The van der Waals surface area contributed by atoms with Crippen molar-refractivity contribution in [3.8, 4) is 0 Å². The van der Waals surface area contributed by atoms with Crippen LogP contribution in [-0.4, -0.2) is 19.4 Å². The summed E-state index contributed by atoms with van der Waals surface area (Å²) in [6.45, 7) is 5.18. The molecule has 0 radical (unpaired) electrons. The van der Waals surface area contributed by atoms with Crippen LogP contribution in [0.15, 0.2) is 12.7 Å². The van der Waals surface area contributed by atoms with Gasteiger partial charge in [-0.3, -0.25) is 5.32 Å². The Kier molecular flexibility index (Phi) is 1.44. The van der Waals surface area contributed by atoms with Crippen LogP contribution in [0.25, 0.3) is 0 Å². The second-order valence-electron chi connectivity index (χ2n) is 1.54. The largest absolute Gasteiger partial charge is 0.358 e. The lowest BCUT2D eigenvalue weighted by Gasteiger charge is -1.95. The summed E-state index contributed by atoms with van der Waals surface area (Å²) in [6.07, 6.45) is 2.06. The van der Waals surface area contributed by atoms with E-state index in [-0.39, 0.29) is 6.10 Å². The van der Waals surface area contributed by atoms with Gasteiger partial charge in [0.15, 0.2) is 0 Å². The van der Waals surface area contributed by atoms with Gasteiger partial charge in [-0.25, -0.2) is 0 Å². The summed E-state index contributed by atoms with van der Waals surface area (Å²) in [6, 6.07) is 0. The summed E-state index contributed by atoms with van der Waals surface area (Å²) in [5.74, 6) is 0. The lowest BCUT2D eigenvalue weighted by Crippen LogP contribution is -2.10. The third-order valence-corrected chi connectivity index (χ3v) is 1.01. The molecule has 1 aliphatic rings. The zero-order valence-electron chi connectivity index (χ0n) is 4.18. The Morgan fingerprint density at radius 3 is 3.00 bits per heavy atom. The molecule has 0 saturated carbocycles. The molecule has 1 heterocycles. The van der Waals surface area contributed by atoms with Gasteiger partial charge in [0, 0.05) is 6.54 Å². The van der Waals surface area contributed by atoms with E-state index in [2.05, 4.69) is 11.9 Å². The molecule has 1 atom stereocenters. The Balaban J connectivity index is 2.26. The quantitative estimate of drug-likeness (QED) is 0.471. The van der Waals surface area contributed by atoms with Gasteiger partial charge in [-0.1, -0.05) is 6.08 Å². The van der Waals surface area contributed by atoms with Crippen molar-refractivity contribution in [2.75, 3.05) is 13.3 Å². The molecular formula is C5H9NO. The van der Waals surface area contributed by atoms with Gasteiger partial charge in [-0.05, 0) is 0 Å². The Labute approximate surface area is 43.2 Å². The Bertz CT molecular complexity index is 66.5. The summed E-state index contributed by atoms with van der Waals surface area (Å²) in [7, 11) is 0. The predicted molar refractivity (Wildman–Crippen MR) is 27.9 cm³/mol. The Hall–Kier alpha value is -0.340. The molecule has 1 unspecified atom stereocenters. The van der Waals surface area contributed by atoms with Crippen LogP contribution in [0, 0.1) is 0 Å². The lowest BCUT2D eigenvalue weighted by atomic mass is 10.4. The number of hydrogen-bond donors (Lipinski definition) is 1. The fraction of sp³-hybridized carbons (Fsp3) is 0.600. The van der Waals surface area contributed by atoms with Crippen molar-refractivity contribution in [1.29, 1.82) is 0 Å². The van der Waals surface area contributed by atoms with Crippen molar-refractivity contribution in [3.05, 3.63) is 12.7 Å². The Morgan fingerprint density at radius 1 is 1.86 bits per heavy atom. The van der Waals surface area contributed by atoms with Gasteiger partial charge in [-0.15, -0.1) is 6.58 Å². The molecule has 7 heavy (non-hydrogen) atoms. The van der Waals surface area contributed by atoms with Crippen LogP contribution in [-0.2, 0) is 4.74 Å². The van der Waals surface area contributed by atoms with E-state index >= 15 is 0 Å². The van der Waals surface area contributed by atoms with Crippen LogP contribution < -0.4 is 5.32 Å². The maximum Gasteiger partial charge on any atom is 0.0975 e. The standard InChI is InChI=1S/C5H9NO/c1-2-5-3-6-4-7-5/h2,5-6H,1,3-4H2. The van der Waals surface area contributed by atoms with Crippen molar-refractivity contribution < 1.29 is 4.74 Å². The molecule has 1 rings (SSSR count). The molecule has 0 spiro atoms. The molecule has 0 aromatic carbocycles. The smallest absolute Gasteiger partial charge is 0.0975 e. The fourth-order valence-electron chi connectivity index (χ4n) is 0.577. The monoisotopic (exact) mass is 99.1 g/mol. The first-order chi connectivity index (χ1) is 3.43. The summed E-state index contributed by atoms with van der Waals surface area (Å²) >= 11 is 0. The minimum Gasteiger partial charge on any atom is -0.358 e. The van der Waals surface area contributed by atoms with E-state index in [9.17, 15) is 0 Å². The number of nitrogens with one attached hydrogen (secondary N) is 1. The van der Waals surface area contributed by atoms with E-state index in [0.717, 1.165) is 6.54 Å². The van der Waals surface area contributed by atoms with Gasteiger partial charge in [-0.2, -0.15) is 0 Å². The molecule has 2 heteroatoms. The van der Waals surface area contributed by atoms with Crippen LogP contribution in [0.3, 0.4) is 0 Å². The van der Waals surface area contributed by atoms with Crippen molar-refractivity contribution in [1.82, 2.24) is 5.32 Å². The third kappa shape index (κ3) is 1.01. The molecule has 0 amide bonds. The fourth-order valence-corrected chi connectivity index (χ4v) is 0.577. The minimum atomic E-state index is 0.250. The van der Waals surface area contributed by atoms with Gasteiger partial charge >= 0.3 is 0 Å². The first kappa shape index (κ1) is 4.81. The second kappa shape index (κ2) is 2.09. The Morgan fingerprint density at radius 2 is 2.71 bits per heavy atom. The van der Waals surface area contributed by atoms with Gasteiger partial charge in [0.25, 0.3) is 0 Å². The zero-order valence-corrected chi connectivity index (χ0v) is 4.18. The first-order valence-electron chi connectivity index (χ1n) is 2.38. The van der Waals surface area contributed by atoms with Crippen LogP contribution in [0.1, 0.15) is 0 Å². The summed E-state index contributed by atoms with van der Waals surface area (Å²) < 4.78 is 5.07. The van der Waals surface area contributed by atoms with E-state index in [1.165, 1.54) is 0 Å². The average Bonchev–Trinajstić information content (AvgIpc) is 2.14. The normalized spacial score (nSPS) is 30.6. The molecular weight excluding hydrogens is 90.1 g/mol. The lowest BCUT2D eigenvalue weighted by molar-refractivity contribution is 0.146. The first-order valence-corrected chi connectivity index (χ1v) is 2.38. The zero-order chi connectivity index (χ0) is 5.11. The molecule has 2 nitrogen and oxygen atoms in total. The third-order valence-electron chi connectivity index (χ3n) is 1.01. The summed E-state index contributed by atoms with van der Waals surface area (Å²) in [4.78, 5) is 0. The molecule has 1 fully saturated rings. The number of rotatable bonds is 1. The SMILES string of the molecule is C=CC1CNCO1. The topological polar surface area (TPSA) is 21.3 Å². The van der Waals surface area contributed by atoms with E-state index in [1.54, 1.807) is 6.08 Å². The van der Waals surface area contributed by atoms with E-state index < -0.39 is 0 Å². The minimum absolute atomic E-state index is 0.250. The number of hydrogen-bond acceptors (Lipinski definition) is 2. The second-order valence-corrected chi connectivity index (χ2v) is 1.54. The van der Waals surface area contributed by atoms with Crippen molar-refractivity contribution >= 4 is 0 Å². The van der Waals surface area contributed by atoms with E-state index in [4.69, 9.17) is 4.74 Å². The summed E-state index contributed by atoms with van der Waals surface area (Å²) in [5.41, 5.74) is 0. The summed E-state index contributed by atoms with van der Waals surface area (Å²) in [5, 5.41) is 3.03.